The van der Waals surface area contributed by atoms with Crippen molar-refractivity contribution in [2.45, 2.75) is 12.8 Å². The van der Waals surface area contributed by atoms with E-state index in [1.54, 1.807) is 62.0 Å². The largest absolute Gasteiger partial charge is 0.497 e. The number of likely N-dealkylation sites (tertiary alicyclic amines) is 1. The van der Waals surface area contributed by atoms with Gasteiger partial charge in [-0.25, -0.2) is 0 Å². The molecule has 2 amide bonds. The molecule has 4 rings (SSSR count). The van der Waals surface area contributed by atoms with Crippen molar-refractivity contribution in [3.63, 3.8) is 0 Å². The molecule has 0 spiro atoms. The Bertz CT molecular complexity index is 1170. The fourth-order valence-corrected chi connectivity index (χ4v) is 4.76. The highest BCUT2D eigenvalue weighted by atomic mass is 35.5. The standard InChI is InChI=1S/C28H31ClN4O3.ClH/c1-31(23-11-15-30-16-12-23)19-21-13-17-32(18-14-21)27(34)20-33(26-6-4-3-5-25(26)29)28(35)22-7-9-24(36-2)10-8-22;/h3-12,15-16,21H,13-14,17-20H2,1-2H3;1H. The third-order valence-electron chi connectivity index (χ3n) is 6.62. The second-order valence-electron chi connectivity index (χ2n) is 8.98. The summed E-state index contributed by atoms with van der Waals surface area (Å²) < 4.78 is 5.20. The molecular weight excluding hydrogens is 511 g/mol. The molecule has 9 heteroatoms. The molecule has 3 aromatic rings. The highest BCUT2D eigenvalue weighted by Crippen LogP contribution is 2.28. The van der Waals surface area contributed by atoms with Crippen molar-refractivity contribution in [1.82, 2.24) is 9.88 Å². The predicted molar refractivity (Wildman–Crippen MR) is 150 cm³/mol. The lowest BCUT2D eigenvalue weighted by atomic mass is 9.96. The number of benzene rings is 2. The molecule has 0 atom stereocenters. The first-order valence-electron chi connectivity index (χ1n) is 12.1. The minimum absolute atomic E-state index is 0. The molecule has 1 saturated heterocycles. The fraction of sp³-hybridized carbons (Fsp3) is 0.321. The quantitative estimate of drug-likeness (QED) is 0.392. The summed E-state index contributed by atoms with van der Waals surface area (Å²) in [5, 5.41) is 0.421. The van der Waals surface area contributed by atoms with E-state index in [4.69, 9.17) is 16.3 Å². The molecule has 0 aliphatic carbocycles. The monoisotopic (exact) mass is 542 g/mol. The minimum Gasteiger partial charge on any atom is -0.497 e. The van der Waals surface area contributed by atoms with Crippen LogP contribution in [-0.2, 0) is 4.79 Å². The van der Waals surface area contributed by atoms with Crippen molar-refractivity contribution in [3.8, 4) is 5.75 Å². The Morgan fingerprint density at radius 2 is 1.68 bits per heavy atom. The maximum atomic E-state index is 13.5. The number of hydrogen-bond acceptors (Lipinski definition) is 5. The lowest BCUT2D eigenvalue weighted by Gasteiger charge is -2.35. The van der Waals surface area contributed by atoms with Crippen LogP contribution in [0.5, 0.6) is 5.75 Å². The first-order chi connectivity index (χ1) is 17.5. The molecule has 0 bridgehead atoms. The third-order valence-corrected chi connectivity index (χ3v) is 6.94. The maximum absolute atomic E-state index is 13.5. The highest BCUT2D eigenvalue weighted by Gasteiger charge is 2.28. The van der Waals surface area contributed by atoms with E-state index in [-0.39, 0.29) is 30.8 Å². The molecule has 1 aromatic heterocycles. The average molecular weight is 543 g/mol. The van der Waals surface area contributed by atoms with Gasteiger partial charge in [-0.15, -0.1) is 12.4 Å². The summed E-state index contributed by atoms with van der Waals surface area (Å²) in [6.07, 6.45) is 5.43. The van der Waals surface area contributed by atoms with E-state index in [2.05, 4.69) is 16.9 Å². The lowest BCUT2D eigenvalue weighted by Crippen LogP contribution is -2.47. The number of nitrogens with zero attached hydrogens (tertiary/aromatic N) is 4. The Morgan fingerprint density at radius 3 is 2.30 bits per heavy atom. The Labute approximate surface area is 229 Å². The normalized spacial score (nSPS) is 13.4. The molecule has 0 unspecified atom stereocenters. The molecule has 7 nitrogen and oxygen atoms in total. The van der Waals surface area contributed by atoms with E-state index < -0.39 is 0 Å². The van der Waals surface area contributed by atoms with E-state index in [0.717, 1.165) is 25.1 Å². The van der Waals surface area contributed by atoms with Crippen LogP contribution in [0.25, 0.3) is 0 Å². The van der Waals surface area contributed by atoms with Gasteiger partial charge in [0.05, 0.1) is 17.8 Å². The van der Waals surface area contributed by atoms with Crippen molar-refractivity contribution in [1.29, 1.82) is 0 Å². The molecule has 0 saturated carbocycles. The van der Waals surface area contributed by atoms with Gasteiger partial charge in [-0.1, -0.05) is 23.7 Å². The van der Waals surface area contributed by atoms with Gasteiger partial charge in [-0.2, -0.15) is 0 Å². The third kappa shape index (κ3) is 7.14. The number of carbonyl (C=O) groups excluding carboxylic acids is 2. The average Bonchev–Trinajstić information content (AvgIpc) is 2.92. The molecule has 37 heavy (non-hydrogen) atoms. The molecule has 0 radical (unpaired) electrons. The van der Waals surface area contributed by atoms with Crippen LogP contribution >= 0.6 is 24.0 Å². The first-order valence-corrected chi connectivity index (χ1v) is 12.4. The van der Waals surface area contributed by atoms with Crippen LogP contribution in [0, 0.1) is 5.92 Å². The van der Waals surface area contributed by atoms with Gasteiger partial charge in [0.1, 0.15) is 12.3 Å². The molecular formula is C28H32Cl2N4O3. The molecule has 2 heterocycles. The number of hydrogen-bond donors (Lipinski definition) is 0. The van der Waals surface area contributed by atoms with Gasteiger partial charge < -0.3 is 14.5 Å². The van der Waals surface area contributed by atoms with Crippen molar-refractivity contribution in [3.05, 3.63) is 83.6 Å². The summed E-state index contributed by atoms with van der Waals surface area (Å²) in [6, 6.07) is 18.0. The number of anilines is 2. The highest BCUT2D eigenvalue weighted by molar-refractivity contribution is 6.34. The van der Waals surface area contributed by atoms with Gasteiger partial charge in [0, 0.05) is 50.3 Å². The SMILES string of the molecule is COc1ccc(C(=O)N(CC(=O)N2CCC(CN(C)c3ccncc3)CC2)c2ccccc2Cl)cc1.Cl. The lowest BCUT2D eigenvalue weighted by molar-refractivity contribution is -0.131. The summed E-state index contributed by atoms with van der Waals surface area (Å²) >= 11 is 6.44. The van der Waals surface area contributed by atoms with E-state index in [1.165, 1.54) is 4.90 Å². The van der Waals surface area contributed by atoms with Crippen molar-refractivity contribution >= 4 is 47.2 Å². The maximum Gasteiger partial charge on any atom is 0.258 e. The summed E-state index contributed by atoms with van der Waals surface area (Å²) in [7, 11) is 3.66. The van der Waals surface area contributed by atoms with Crippen LogP contribution in [0.1, 0.15) is 23.2 Å². The second-order valence-corrected chi connectivity index (χ2v) is 9.39. The summed E-state index contributed by atoms with van der Waals surface area (Å²) in [5.74, 6) is 0.780. The Morgan fingerprint density at radius 1 is 1.03 bits per heavy atom. The Hall–Kier alpha value is -3.29. The van der Waals surface area contributed by atoms with Crippen LogP contribution in [0.4, 0.5) is 11.4 Å². The number of ether oxygens (including phenoxy) is 1. The number of amides is 2. The molecule has 1 fully saturated rings. The van der Waals surface area contributed by atoms with Crippen LogP contribution in [0.3, 0.4) is 0 Å². The van der Waals surface area contributed by atoms with Gasteiger partial charge >= 0.3 is 0 Å². The van der Waals surface area contributed by atoms with Crippen molar-refractivity contribution in [2.75, 3.05) is 50.1 Å². The zero-order valence-corrected chi connectivity index (χ0v) is 22.6. The van der Waals surface area contributed by atoms with Crippen LogP contribution in [0.15, 0.2) is 73.1 Å². The van der Waals surface area contributed by atoms with Gasteiger partial charge in [0.15, 0.2) is 0 Å². The summed E-state index contributed by atoms with van der Waals surface area (Å²) in [5.41, 5.74) is 2.11. The van der Waals surface area contributed by atoms with Crippen LogP contribution in [0.2, 0.25) is 5.02 Å². The van der Waals surface area contributed by atoms with E-state index in [1.807, 2.05) is 23.1 Å². The molecule has 1 aliphatic rings. The number of rotatable bonds is 8. The van der Waals surface area contributed by atoms with Gasteiger partial charge in [-0.3, -0.25) is 19.5 Å². The number of halogens is 2. The van der Waals surface area contributed by atoms with E-state index in [9.17, 15) is 9.59 Å². The second kappa shape index (κ2) is 13.3. The fourth-order valence-electron chi connectivity index (χ4n) is 4.52. The number of para-hydroxylation sites is 1. The molecule has 2 aromatic carbocycles. The smallest absolute Gasteiger partial charge is 0.258 e. The molecule has 196 valence electrons. The van der Waals surface area contributed by atoms with Crippen molar-refractivity contribution in [2.24, 2.45) is 5.92 Å². The van der Waals surface area contributed by atoms with Crippen LogP contribution < -0.4 is 14.5 Å². The summed E-state index contributed by atoms with van der Waals surface area (Å²) in [6.45, 7) is 2.19. The number of aromatic nitrogens is 1. The Kier molecular flexibility index (Phi) is 10.2. The number of methoxy groups -OCH3 is 1. The number of carbonyl (C=O) groups is 2. The van der Waals surface area contributed by atoms with Gasteiger partial charge in [-0.05, 0) is 67.3 Å². The van der Waals surface area contributed by atoms with Crippen LogP contribution in [-0.4, -0.2) is 62.0 Å². The Balaban J connectivity index is 0.00000380. The first kappa shape index (κ1) is 28.3. The molecule has 0 N–H and O–H groups in total. The van der Waals surface area contributed by atoms with E-state index >= 15 is 0 Å². The molecule has 1 aliphatic heterocycles. The minimum atomic E-state index is -0.284. The number of piperidine rings is 1. The summed E-state index contributed by atoms with van der Waals surface area (Å²) in [4.78, 5) is 36.4. The zero-order valence-electron chi connectivity index (χ0n) is 21.0. The number of pyridine rings is 1. The van der Waals surface area contributed by atoms with Gasteiger partial charge in [0.25, 0.3) is 5.91 Å². The zero-order chi connectivity index (χ0) is 25.5. The van der Waals surface area contributed by atoms with E-state index in [0.29, 0.717) is 41.0 Å². The van der Waals surface area contributed by atoms with Crippen molar-refractivity contribution < 1.29 is 14.3 Å². The predicted octanol–water partition coefficient (Wildman–Crippen LogP) is 5.19. The topological polar surface area (TPSA) is 66.0 Å². The van der Waals surface area contributed by atoms with Gasteiger partial charge in [0.2, 0.25) is 5.91 Å².